The standard InChI is InChI=1S/C23H23Cl2NO2/c1-16(2)22(19-5-9-21(25)10-6-19)23(27)28-15-26-12-11-18(14-26)13-17-3-7-20(24)8-4-17/h3-12,14,16,22H,13,15H2,1-2H3. The molecule has 1 unspecified atom stereocenters. The first-order valence-electron chi connectivity index (χ1n) is 9.23. The summed E-state index contributed by atoms with van der Waals surface area (Å²) in [5.74, 6) is -0.426. The highest BCUT2D eigenvalue weighted by molar-refractivity contribution is 6.30. The SMILES string of the molecule is CC(C)C(C(=O)OCn1ccc(Cc2ccc(Cl)cc2)c1)c1ccc(Cl)cc1. The van der Waals surface area contributed by atoms with Crippen LogP contribution >= 0.6 is 23.2 Å². The Morgan fingerprint density at radius 1 is 0.929 bits per heavy atom. The Hall–Kier alpha value is -2.23. The molecule has 0 N–H and O–H groups in total. The van der Waals surface area contributed by atoms with Crippen LogP contribution in [0.4, 0.5) is 0 Å². The monoisotopic (exact) mass is 415 g/mol. The molecule has 0 aliphatic heterocycles. The normalized spacial score (nSPS) is 12.2. The van der Waals surface area contributed by atoms with Crippen molar-refractivity contribution in [1.29, 1.82) is 0 Å². The van der Waals surface area contributed by atoms with Gasteiger partial charge in [0.15, 0.2) is 6.73 Å². The number of rotatable bonds is 7. The van der Waals surface area contributed by atoms with Crippen LogP contribution in [-0.4, -0.2) is 10.5 Å². The smallest absolute Gasteiger partial charge is 0.315 e. The van der Waals surface area contributed by atoms with E-state index in [9.17, 15) is 4.79 Å². The maximum Gasteiger partial charge on any atom is 0.315 e. The molecule has 0 saturated heterocycles. The fourth-order valence-corrected chi connectivity index (χ4v) is 3.46. The zero-order valence-electron chi connectivity index (χ0n) is 15.9. The summed E-state index contributed by atoms with van der Waals surface area (Å²) in [7, 11) is 0. The van der Waals surface area contributed by atoms with E-state index in [1.807, 2.05) is 73.3 Å². The van der Waals surface area contributed by atoms with Gasteiger partial charge >= 0.3 is 5.97 Å². The molecule has 28 heavy (non-hydrogen) atoms. The Morgan fingerprint density at radius 3 is 2.14 bits per heavy atom. The summed E-state index contributed by atoms with van der Waals surface area (Å²) in [5.41, 5.74) is 3.25. The number of halogens is 2. The lowest BCUT2D eigenvalue weighted by atomic mass is 9.88. The van der Waals surface area contributed by atoms with Crippen LogP contribution in [0.25, 0.3) is 0 Å². The summed E-state index contributed by atoms with van der Waals surface area (Å²) < 4.78 is 7.47. The molecule has 2 aromatic carbocycles. The second-order valence-corrected chi connectivity index (χ2v) is 8.08. The number of carbonyl (C=O) groups is 1. The molecule has 0 fully saturated rings. The molecule has 0 aliphatic carbocycles. The van der Waals surface area contributed by atoms with Gasteiger partial charge in [0, 0.05) is 22.4 Å². The van der Waals surface area contributed by atoms with Crippen LogP contribution in [0.3, 0.4) is 0 Å². The van der Waals surface area contributed by atoms with Gasteiger partial charge in [-0.15, -0.1) is 0 Å². The summed E-state index contributed by atoms with van der Waals surface area (Å²) in [6.45, 7) is 4.22. The number of esters is 1. The Labute approximate surface area is 175 Å². The van der Waals surface area contributed by atoms with Gasteiger partial charge in [0.05, 0.1) is 5.92 Å². The summed E-state index contributed by atoms with van der Waals surface area (Å²) in [6.07, 6.45) is 4.72. The van der Waals surface area contributed by atoms with Crippen LogP contribution in [0.5, 0.6) is 0 Å². The van der Waals surface area contributed by atoms with Gasteiger partial charge in [-0.2, -0.15) is 0 Å². The molecule has 1 atom stereocenters. The minimum absolute atomic E-state index is 0.124. The second-order valence-electron chi connectivity index (χ2n) is 7.20. The van der Waals surface area contributed by atoms with Crippen molar-refractivity contribution < 1.29 is 9.53 Å². The molecule has 0 saturated carbocycles. The summed E-state index contributed by atoms with van der Waals surface area (Å²) in [6, 6.07) is 17.2. The molecule has 0 bridgehead atoms. The van der Waals surface area contributed by atoms with Gasteiger partial charge in [-0.05, 0) is 59.4 Å². The molecular formula is C23H23Cl2NO2. The van der Waals surface area contributed by atoms with Crippen molar-refractivity contribution in [2.45, 2.75) is 32.9 Å². The van der Waals surface area contributed by atoms with Crippen molar-refractivity contribution in [3.8, 4) is 0 Å². The van der Waals surface area contributed by atoms with Crippen molar-refractivity contribution in [3.05, 3.63) is 93.7 Å². The van der Waals surface area contributed by atoms with E-state index < -0.39 is 0 Å². The minimum Gasteiger partial charge on any atom is -0.443 e. The second kappa shape index (κ2) is 9.31. The van der Waals surface area contributed by atoms with Crippen molar-refractivity contribution >= 4 is 29.2 Å². The van der Waals surface area contributed by atoms with Gasteiger partial charge in [0.25, 0.3) is 0 Å². The molecule has 1 heterocycles. The highest BCUT2D eigenvalue weighted by atomic mass is 35.5. The van der Waals surface area contributed by atoms with Crippen LogP contribution in [0, 0.1) is 5.92 Å². The number of carbonyl (C=O) groups excluding carboxylic acids is 1. The lowest BCUT2D eigenvalue weighted by molar-refractivity contribution is -0.150. The van der Waals surface area contributed by atoms with Crippen molar-refractivity contribution in [2.75, 3.05) is 0 Å². The zero-order valence-corrected chi connectivity index (χ0v) is 17.5. The van der Waals surface area contributed by atoms with Crippen molar-refractivity contribution in [2.24, 2.45) is 5.92 Å². The number of aromatic nitrogens is 1. The highest BCUT2D eigenvalue weighted by Gasteiger charge is 2.25. The van der Waals surface area contributed by atoms with Gasteiger partial charge in [-0.1, -0.05) is 61.3 Å². The van der Waals surface area contributed by atoms with Crippen molar-refractivity contribution in [1.82, 2.24) is 4.57 Å². The Morgan fingerprint density at radius 2 is 1.54 bits per heavy atom. The topological polar surface area (TPSA) is 31.2 Å². The predicted octanol–water partition coefficient (Wildman–Crippen LogP) is 6.33. The quantitative estimate of drug-likeness (QED) is 0.422. The average molecular weight is 416 g/mol. The van der Waals surface area contributed by atoms with Crippen LogP contribution in [0.15, 0.2) is 67.0 Å². The van der Waals surface area contributed by atoms with Crippen LogP contribution in [-0.2, 0) is 22.7 Å². The summed E-state index contributed by atoms with van der Waals surface area (Å²) in [4.78, 5) is 12.7. The van der Waals surface area contributed by atoms with Crippen molar-refractivity contribution in [3.63, 3.8) is 0 Å². The van der Waals surface area contributed by atoms with Gasteiger partial charge in [-0.25, -0.2) is 0 Å². The van der Waals surface area contributed by atoms with E-state index >= 15 is 0 Å². The first-order chi connectivity index (χ1) is 13.4. The number of ether oxygens (including phenoxy) is 1. The fraction of sp³-hybridized carbons (Fsp3) is 0.261. The van der Waals surface area contributed by atoms with Gasteiger partial charge in [-0.3, -0.25) is 4.79 Å². The van der Waals surface area contributed by atoms with E-state index in [0.29, 0.717) is 5.02 Å². The number of nitrogens with zero attached hydrogens (tertiary/aromatic N) is 1. The van der Waals surface area contributed by atoms with E-state index in [-0.39, 0.29) is 24.5 Å². The zero-order chi connectivity index (χ0) is 20.1. The molecule has 0 radical (unpaired) electrons. The van der Waals surface area contributed by atoms with Crippen LogP contribution in [0.2, 0.25) is 10.0 Å². The number of hydrogen-bond acceptors (Lipinski definition) is 2. The first-order valence-corrected chi connectivity index (χ1v) is 9.99. The minimum atomic E-state index is -0.318. The predicted molar refractivity (Wildman–Crippen MR) is 114 cm³/mol. The highest BCUT2D eigenvalue weighted by Crippen LogP contribution is 2.27. The molecule has 0 amide bonds. The van der Waals surface area contributed by atoms with E-state index in [1.54, 1.807) is 12.1 Å². The number of hydrogen-bond donors (Lipinski definition) is 0. The summed E-state index contributed by atoms with van der Waals surface area (Å²) >= 11 is 11.9. The van der Waals surface area contributed by atoms with Crippen LogP contribution in [0.1, 0.15) is 36.5 Å². The Balaban J connectivity index is 1.61. The Kier molecular flexibility index (Phi) is 6.82. The van der Waals surface area contributed by atoms with Gasteiger partial charge < -0.3 is 9.30 Å². The fourth-order valence-electron chi connectivity index (χ4n) is 3.20. The summed E-state index contributed by atoms with van der Waals surface area (Å²) in [5, 5.41) is 1.38. The molecule has 0 aliphatic rings. The van der Waals surface area contributed by atoms with E-state index in [1.165, 1.54) is 5.56 Å². The molecular weight excluding hydrogens is 393 g/mol. The lowest BCUT2D eigenvalue weighted by Gasteiger charge is -2.20. The maximum absolute atomic E-state index is 12.7. The largest absolute Gasteiger partial charge is 0.443 e. The molecule has 3 nitrogen and oxygen atoms in total. The van der Waals surface area contributed by atoms with Gasteiger partial charge in [0.1, 0.15) is 0 Å². The third kappa shape index (κ3) is 5.40. The third-order valence-corrected chi connectivity index (χ3v) is 5.14. The molecule has 1 aromatic heterocycles. The third-order valence-electron chi connectivity index (χ3n) is 4.64. The average Bonchev–Trinajstić information content (AvgIpc) is 3.11. The Bertz CT molecular complexity index is 915. The lowest BCUT2D eigenvalue weighted by Crippen LogP contribution is -2.21. The van der Waals surface area contributed by atoms with E-state index in [0.717, 1.165) is 22.6 Å². The van der Waals surface area contributed by atoms with E-state index in [2.05, 4.69) is 0 Å². The first kappa shape index (κ1) is 20.5. The molecule has 5 heteroatoms. The number of benzene rings is 2. The van der Waals surface area contributed by atoms with E-state index in [4.69, 9.17) is 27.9 Å². The maximum atomic E-state index is 12.7. The molecule has 3 rings (SSSR count). The molecule has 3 aromatic rings. The van der Waals surface area contributed by atoms with Gasteiger partial charge in [0.2, 0.25) is 0 Å². The molecule has 0 spiro atoms. The van der Waals surface area contributed by atoms with Crippen LogP contribution < -0.4 is 0 Å². The molecule has 146 valence electrons.